The van der Waals surface area contributed by atoms with Gasteiger partial charge in [-0.3, -0.25) is 4.79 Å². The van der Waals surface area contributed by atoms with Gasteiger partial charge in [-0.2, -0.15) is 0 Å². The Hall–Kier alpha value is -1.02. The lowest BCUT2D eigenvalue weighted by Gasteiger charge is -2.20. The highest BCUT2D eigenvalue weighted by Gasteiger charge is 2.12. The van der Waals surface area contributed by atoms with E-state index in [0.717, 1.165) is 5.69 Å². The summed E-state index contributed by atoms with van der Waals surface area (Å²) in [7, 11) is 0. The number of hydrogen-bond acceptors (Lipinski definition) is 1. The van der Waals surface area contributed by atoms with E-state index in [1.54, 1.807) is 4.90 Å². The zero-order valence-corrected chi connectivity index (χ0v) is 10.1. The van der Waals surface area contributed by atoms with Crippen molar-refractivity contribution >= 4 is 23.2 Å². The van der Waals surface area contributed by atoms with E-state index < -0.39 is 0 Å². The molecule has 82 valence electrons. The first-order valence-electron chi connectivity index (χ1n) is 5.03. The van der Waals surface area contributed by atoms with Crippen molar-refractivity contribution in [1.29, 1.82) is 0 Å². The SMILES string of the molecule is CCN(C(=O)CCl)c1ccc(C)c(C)c1. The Labute approximate surface area is 95.8 Å². The van der Waals surface area contributed by atoms with Crippen molar-refractivity contribution in [1.82, 2.24) is 0 Å². The van der Waals surface area contributed by atoms with E-state index in [-0.39, 0.29) is 11.8 Å². The second kappa shape index (κ2) is 5.17. The largest absolute Gasteiger partial charge is 0.312 e. The van der Waals surface area contributed by atoms with Crippen molar-refractivity contribution in [3.63, 3.8) is 0 Å². The minimum absolute atomic E-state index is 0.0285. The summed E-state index contributed by atoms with van der Waals surface area (Å²) >= 11 is 5.56. The Morgan fingerprint density at radius 1 is 1.33 bits per heavy atom. The van der Waals surface area contributed by atoms with Crippen LogP contribution in [-0.4, -0.2) is 18.3 Å². The molecule has 1 aromatic carbocycles. The molecule has 15 heavy (non-hydrogen) atoms. The molecule has 0 aliphatic heterocycles. The molecule has 0 unspecified atom stereocenters. The highest BCUT2D eigenvalue weighted by Crippen LogP contribution is 2.18. The first kappa shape index (κ1) is 12.1. The van der Waals surface area contributed by atoms with Crippen molar-refractivity contribution in [2.24, 2.45) is 0 Å². The second-order valence-corrected chi connectivity index (χ2v) is 3.81. The molecular weight excluding hydrogens is 210 g/mol. The fraction of sp³-hybridized carbons (Fsp3) is 0.417. The van der Waals surface area contributed by atoms with Crippen LogP contribution >= 0.6 is 11.6 Å². The molecule has 0 saturated heterocycles. The van der Waals surface area contributed by atoms with E-state index >= 15 is 0 Å². The predicted molar refractivity (Wildman–Crippen MR) is 64.7 cm³/mol. The summed E-state index contributed by atoms with van der Waals surface area (Å²) in [5.74, 6) is -0.0248. The summed E-state index contributed by atoms with van der Waals surface area (Å²) < 4.78 is 0. The standard InChI is InChI=1S/C12H16ClNO/c1-4-14(12(15)8-13)11-6-5-9(2)10(3)7-11/h5-7H,4,8H2,1-3H3. The Morgan fingerprint density at radius 3 is 2.47 bits per heavy atom. The van der Waals surface area contributed by atoms with E-state index in [9.17, 15) is 4.79 Å². The van der Waals surface area contributed by atoms with Gasteiger partial charge in [-0.25, -0.2) is 0 Å². The third kappa shape index (κ3) is 2.72. The summed E-state index contributed by atoms with van der Waals surface area (Å²) in [6.07, 6.45) is 0. The first-order valence-corrected chi connectivity index (χ1v) is 5.57. The summed E-state index contributed by atoms with van der Waals surface area (Å²) in [4.78, 5) is 13.2. The number of halogens is 1. The van der Waals surface area contributed by atoms with E-state index in [0.29, 0.717) is 6.54 Å². The molecule has 0 spiro atoms. The topological polar surface area (TPSA) is 20.3 Å². The van der Waals surface area contributed by atoms with Crippen LogP contribution in [0.5, 0.6) is 0 Å². The molecule has 1 aromatic rings. The average molecular weight is 226 g/mol. The number of rotatable bonds is 3. The number of amides is 1. The number of nitrogens with zero attached hydrogens (tertiary/aromatic N) is 1. The van der Waals surface area contributed by atoms with Crippen LogP contribution in [0.2, 0.25) is 0 Å². The lowest BCUT2D eigenvalue weighted by Crippen LogP contribution is -2.31. The van der Waals surface area contributed by atoms with Gasteiger partial charge in [0.25, 0.3) is 0 Å². The maximum Gasteiger partial charge on any atom is 0.241 e. The van der Waals surface area contributed by atoms with E-state index in [1.165, 1.54) is 11.1 Å². The van der Waals surface area contributed by atoms with Gasteiger partial charge >= 0.3 is 0 Å². The van der Waals surface area contributed by atoms with Gasteiger partial charge in [-0.15, -0.1) is 11.6 Å². The average Bonchev–Trinajstić information content (AvgIpc) is 2.24. The molecule has 0 N–H and O–H groups in total. The summed E-state index contributed by atoms with van der Waals surface area (Å²) in [6.45, 7) is 6.68. The van der Waals surface area contributed by atoms with Crippen LogP contribution in [0.25, 0.3) is 0 Å². The highest BCUT2D eigenvalue weighted by molar-refractivity contribution is 6.29. The van der Waals surface area contributed by atoms with Gasteiger partial charge in [0.1, 0.15) is 5.88 Å². The number of alkyl halides is 1. The lowest BCUT2D eigenvalue weighted by atomic mass is 10.1. The van der Waals surface area contributed by atoms with Crippen molar-refractivity contribution in [3.05, 3.63) is 29.3 Å². The summed E-state index contributed by atoms with van der Waals surface area (Å²) in [5, 5.41) is 0. The zero-order valence-electron chi connectivity index (χ0n) is 9.38. The highest BCUT2D eigenvalue weighted by atomic mass is 35.5. The van der Waals surface area contributed by atoms with E-state index in [4.69, 9.17) is 11.6 Å². The number of carbonyl (C=O) groups excluding carboxylic acids is 1. The maximum absolute atomic E-state index is 11.5. The Morgan fingerprint density at radius 2 is 2.00 bits per heavy atom. The van der Waals surface area contributed by atoms with Crippen LogP contribution in [0, 0.1) is 13.8 Å². The van der Waals surface area contributed by atoms with Gasteiger partial charge in [0.05, 0.1) is 0 Å². The van der Waals surface area contributed by atoms with Gasteiger partial charge in [0.2, 0.25) is 5.91 Å². The quantitative estimate of drug-likeness (QED) is 0.725. The number of carbonyl (C=O) groups is 1. The van der Waals surface area contributed by atoms with Crippen LogP contribution in [0.1, 0.15) is 18.1 Å². The Balaban J connectivity index is 3.02. The van der Waals surface area contributed by atoms with Gasteiger partial charge in [-0.05, 0) is 44.0 Å². The summed E-state index contributed by atoms with van der Waals surface area (Å²) in [6, 6.07) is 5.99. The number of anilines is 1. The molecule has 0 atom stereocenters. The minimum Gasteiger partial charge on any atom is -0.312 e. The van der Waals surface area contributed by atoms with Crippen molar-refractivity contribution in [2.75, 3.05) is 17.3 Å². The molecule has 1 amide bonds. The fourth-order valence-corrected chi connectivity index (χ4v) is 1.61. The van der Waals surface area contributed by atoms with Crippen molar-refractivity contribution in [2.45, 2.75) is 20.8 Å². The van der Waals surface area contributed by atoms with Crippen LogP contribution in [0.4, 0.5) is 5.69 Å². The molecule has 2 nitrogen and oxygen atoms in total. The van der Waals surface area contributed by atoms with Gasteiger partial charge < -0.3 is 4.90 Å². The van der Waals surface area contributed by atoms with Crippen LogP contribution < -0.4 is 4.90 Å². The molecule has 0 saturated carbocycles. The lowest BCUT2D eigenvalue weighted by molar-refractivity contribution is -0.116. The predicted octanol–water partition coefficient (Wildman–Crippen LogP) is 2.90. The Bertz CT molecular complexity index is 363. The smallest absolute Gasteiger partial charge is 0.241 e. The number of aryl methyl sites for hydroxylation is 2. The molecule has 0 fully saturated rings. The number of hydrogen-bond donors (Lipinski definition) is 0. The van der Waals surface area contributed by atoms with Crippen molar-refractivity contribution in [3.8, 4) is 0 Å². The molecule has 0 aliphatic rings. The maximum atomic E-state index is 11.5. The third-order valence-corrected chi connectivity index (χ3v) is 2.76. The fourth-order valence-electron chi connectivity index (χ4n) is 1.47. The molecule has 3 heteroatoms. The minimum atomic E-state index is -0.0533. The molecule has 0 radical (unpaired) electrons. The van der Waals surface area contributed by atoms with E-state index in [2.05, 4.69) is 6.92 Å². The Kier molecular flexibility index (Phi) is 4.15. The van der Waals surface area contributed by atoms with Gasteiger partial charge in [0, 0.05) is 12.2 Å². The molecule has 0 bridgehead atoms. The third-order valence-electron chi connectivity index (χ3n) is 2.53. The van der Waals surface area contributed by atoms with E-state index in [1.807, 2.05) is 32.0 Å². The summed E-state index contributed by atoms with van der Waals surface area (Å²) in [5.41, 5.74) is 3.34. The van der Waals surface area contributed by atoms with Crippen LogP contribution in [-0.2, 0) is 4.79 Å². The molecule has 1 rings (SSSR count). The van der Waals surface area contributed by atoms with Gasteiger partial charge in [0.15, 0.2) is 0 Å². The second-order valence-electron chi connectivity index (χ2n) is 3.54. The zero-order chi connectivity index (χ0) is 11.4. The van der Waals surface area contributed by atoms with Crippen LogP contribution in [0.15, 0.2) is 18.2 Å². The normalized spacial score (nSPS) is 10.1. The molecular formula is C12H16ClNO. The van der Waals surface area contributed by atoms with Gasteiger partial charge in [-0.1, -0.05) is 6.07 Å². The molecule has 0 aliphatic carbocycles. The van der Waals surface area contributed by atoms with Crippen LogP contribution in [0.3, 0.4) is 0 Å². The molecule has 0 heterocycles. The monoisotopic (exact) mass is 225 g/mol. The number of benzene rings is 1. The first-order chi connectivity index (χ1) is 7.10. The molecule has 0 aromatic heterocycles. The van der Waals surface area contributed by atoms with Crippen molar-refractivity contribution < 1.29 is 4.79 Å².